The van der Waals surface area contributed by atoms with Crippen LogP contribution >= 0.6 is 0 Å². The number of fused-ring (bicyclic) bond motifs is 3. The minimum absolute atomic E-state index is 0.0343. The number of ether oxygens (including phenoxy) is 3. The predicted octanol–water partition coefficient (Wildman–Crippen LogP) is -0.207. The second kappa shape index (κ2) is 9.82. The third-order valence-corrected chi connectivity index (χ3v) is 7.97. The Morgan fingerprint density at radius 3 is 2.49 bits per heavy atom. The highest BCUT2D eigenvalue weighted by Crippen LogP contribution is 2.52. The SMILES string of the molecule is COc1cccc2c1C(=O)c1c(O)c3c(c(O)c1C2=O)C[C@@](O)(C(O)CO)C[C@@H]3O[C@@H]1C[C@H](N)[C@@H](O)[C@H](C)O1. The zero-order chi connectivity index (χ0) is 28.4. The summed E-state index contributed by atoms with van der Waals surface area (Å²) in [4.78, 5) is 27.2. The Balaban J connectivity index is 1.68. The van der Waals surface area contributed by atoms with E-state index in [1.165, 1.54) is 25.3 Å². The van der Waals surface area contributed by atoms with Crippen LogP contribution in [0.1, 0.15) is 68.8 Å². The lowest BCUT2D eigenvalue weighted by atomic mass is 9.71. The van der Waals surface area contributed by atoms with Crippen molar-refractivity contribution in [3.05, 3.63) is 51.6 Å². The molecule has 0 spiro atoms. The number of carbonyl (C=O) groups excluding carboxylic acids is 2. The highest BCUT2D eigenvalue weighted by Gasteiger charge is 2.50. The van der Waals surface area contributed by atoms with Gasteiger partial charge in [0.1, 0.15) is 23.4 Å². The Morgan fingerprint density at radius 1 is 1.15 bits per heavy atom. The number of aliphatic hydroxyl groups is 4. The lowest BCUT2D eigenvalue weighted by molar-refractivity contribution is -0.251. The number of rotatable bonds is 5. The zero-order valence-electron chi connectivity index (χ0n) is 21.3. The summed E-state index contributed by atoms with van der Waals surface area (Å²) >= 11 is 0. The summed E-state index contributed by atoms with van der Waals surface area (Å²) in [5.41, 5.74) is 2.77. The smallest absolute Gasteiger partial charge is 0.202 e. The van der Waals surface area contributed by atoms with Gasteiger partial charge in [-0.3, -0.25) is 9.59 Å². The molecule has 7 atom stereocenters. The van der Waals surface area contributed by atoms with E-state index in [1.54, 1.807) is 6.92 Å². The third-order valence-electron chi connectivity index (χ3n) is 7.97. The number of aliphatic hydroxyl groups excluding tert-OH is 3. The number of phenolic OH excluding ortho intramolecular Hbond substituents is 2. The summed E-state index contributed by atoms with van der Waals surface area (Å²) < 4.78 is 17.1. The van der Waals surface area contributed by atoms with Crippen LogP contribution in [-0.2, 0) is 15.9 Å². The third kappa shape index (κ3) is 4.19. The lowest BCUT2D eigenvalue weighted by Gasteiger charge is -2.44. The molecule has 3 aliphatic rings. The van der Waals surface area contributed by atoms with E-state index >= 15 is 0 Å². The molecule has 8 N–H and O–H groups in total. The average Bonchev–Trinajstić information content (AvgIpc) is 2.90. The normalized spacial score (nSPS) is 30.8. The largest absolute Gasteiger partial charge is 0.507 e. The van der Waals surface area contributed by atoms with E-state index in [2.05, 4.69) is 0 Å². The standard InChI is InChI=1S/C27H31NO11/c1-10-22(31)13(28)6-17(38-10)39-15-8-27(36,16(30)9-29)7-12-19(15)26(35)21-20(24(12)33)23(32)11-4-3-5-14(37-2)18(11)25(21)34/h3-5,10,13,15-17,22,29-31,33,35-36H,6-9,28H2,1-2H3/t10-,13-,15-,16?,17+,22-,27-/m0/s1. The van der Waals surface area contributed by atoms with Crippen LogP contribution in [0.25, 0.3) is 0 Å². The second-order valence-electron chi connectivity index (χ2n) is 10.3. The van der Waals surface area contributed by atoms with Crippen LogP contribution in [0.4, 0.5) is 0 Å². The highest BCUT2D eigenvalue weighted by molar-refractivity contribution is 6.31. The Morgan fingerprint density at radius 2 is 1.85 bits per heavy atom. The van der Waals surface area contributed by atoms with E-state index < -0.39 is 89.6 Å². The van der Waals surface area contributed by atoms with Crippen molar-refractivity contribution in [1.82, 2.24) is 0 Å². The van der Waals surface area contributed by atoms with E-state index in [9.17, 15) is 40.2 Å². The molecule has 2 aromatic rings. The minimum Gasteiger partial charge on any atom is -0.507 e. The van der Waals surface area contributed by atoms with Gasteiger partial charge in [0, 0.05) is 42.0 Å². The van der Waals surface area contributed by atoms with E-state index in [0.29, 0.717) is 0 Å². The molecule has 210 valence electrons. The molecule has 0 bridgehead atoms. The van der Waals surface area contributed by atoms with Gasteiger partial charge in [0.2, 0.25) is 5.78 Å². The minimum atomic E-state index is -2.05. The summed E-state index contributed by atoms with van der Waals surface area (Å²) in [6.07, 6.45) is -6.45. The van der Waals surface area contributed by atoms with Crippen molar-refractivity contribution >= 4 is 11.6 Å². The van der Waals surface area contributed by atoms with Gasteiger partial charge in [-0.05, 0) is 13.0 Å². The Bertz CT molecular complexity index is 1330. The first-order valence-corrected chi connectivity index (χ1v) is 12.6. The molecule has 1 fully saturated rings. The number of phenols is 2. The Hall–Kier alpha value is -3.10. The number of hydrogen-bond acceptors (Lipinski definition) is 12. The van der Waals surface area contributed by atoms with Crippen LogP contribution < -0.4 is 10.5 Å². The monoisotopic (exact) mass is 545 g/mol. The summed E-state index contributed by atoms with van der Waals surface area (Å²) in [5, 5.41) is 64.4. The maximum atomic E-state index is 13.7. The van der Waals surface area contributed by atoms with Gasteiger partial charge in [0.25, 0.3) is 0 Å². The zero-order valence-corrected chi connectivity index (χ0v) is 21.3. The van der Waals surface area contributed by atoms with Crippen molar-refractivity contribution in [2.45, 2.75) is 68.5 Å². The molecule has 1 saturated heterocycles. The van der Waals surface area contributed by atoms with Crippen LogP contribution in [0.15, 0.2) is 18.2 Å². The van der Waals surface area contributed by atoms with Gasteiger partial charge in [-0.25, -0.2) is 0 Å². The Labute approximate surface area is 223 Å². The number of aromatic hydroxyl groups is 2. The van der Waals surface area contributed by atoms with Crippen molar-refractivity contribution in [3.8, 4) is 17.2 Å². The van der Waals surface area contributed by atoms with Gasteiger partial charge in [0.15, 0.2) is 12.1 Å². The van der Waals surface area contributed by atoms with E-state index in [0.717, 1.165) is 0 Å². The van der Waals surface area contributed by atoms with Gasteiger partial charge < -0.3 is 50.6 Å². The first-order valence-electron chi connectivity index (χ1n) is 12.6. The fraction of sp³-hybridized carbons (Fsp3) is 0.481. The van der Waals surface area contributed by atoms with Crippen molar-refractivity contribution in [3.63, 3.8) is 0 Å². The first kappa shape index (κ1) is 27.5. The van der Waals surface area contributed by atoms with Crippen molar-refractivity contribution in [1.29, 1.82) is 0 Å². The van der Waals surface area contributed by atoms with E-state index in [4.69, 9.17) is 19.9 Å². The van der Waals surface area contributed by atoms with Crippen LogP contribution in [0.5, 0.6) is 17.2 Å². The van der Waals surface area contributed by atoms with Crippen molar-refractivity contribution < 1.29 is 54.4 Å². The number of benzene rings is 2. The highest BCUT2D eigenvalue weighted by atomic mass is 16.7. The van der Waals surface area contributed by atoms with Gasteiger partial charge in [-0.1, -0.05) is 12.1 Å². The summed E-state index contributed by atoms with van der Waals surface area (Å²) in [7, 11) is 1.33. The van der Waals surface area contributed by atoms with E-state index in [1.807, 2.05) is 0 Å². The average molecular weight is 546 g/mol. The van der Waals surface area contributed by atoms with Gasteiger partial charge in [0.05, 0.1) is 54.3 Å². The fourth-order valence-corrected chi connectivity index (χ4v) is 5.84. The van der Waals surface area contributed by atoms with Crippen molar-refractivity contribution in [2.24, 2.45) is 5.73 Å². The van der Waals surface area contributed by atoms with Crippen LogP contribution in [0.3, 0.4) is 0 Å². The molecule has 39 heavy (non-hydrogen) atoms. The van der Waals surface area contributed by atoms with Gasteiger partial charge in [-0.2, -0.15) is 0 Å². The molecule has 1 unspecified atom stereocenters. The molecule has 1 aliphatic heterocycles. The quantitative estimate of drug-likeness (QED) is 0.208. The summed E-state index contributed by atoms with van der Waals surface area (Å²) in [6, 6.07) is 3.69. The predicted molar refractivity (Wildman–Crippen MR) is 133 cm³/mol. The molecule has 2 aromatic carbocycles. The second-order valence-corrected chi connectivity index (χ2v) is 10.3. The summed E-state index contributed by atoms with van der Waals surface area (Å²) in [6.45, 7) is 0.768. The summed E-state index contributed by atoms with van der Waals surface area (Å²) in [5.74, 6) is -2.68. The number of ketones is 2. The lowest BCUT2D eigenvalue weighted by Crippen LogP contribution is -2.53. The van der Waals surface area contributed by atoms with Crippen molar-refractivity contribution in [2.75, 3.05) is 13.7 Å². The first-order chi connectivity index (χ1) is 18.4. The number of hydrogen-bond donors (Lipinski definition) is 7. The number of carbonyl (C=O) groups is 2. The molecule has 0 amide bonds. The maximum absolute atomic E-state index is 13.7. The molecular weight excluding hydrogens is 514 g/mol. The molecule has 12 nitrogen and oxygen atoms in total. The maximum Gasteiger partial charge on any atom is 0.202 e. The molecule has 0 aromatic heterocycles. The molecule has 1 heterocycles. The van der Waals surface area contributed by atoms with Crippen LogP contribution in [0.2, 0.25) is 0 Å². The van der Waals surface area contributed by atoms with E-state index in [-0.39, 0.29) is 40.8 Å². The molecule has 0 saturated carbocycles. The number of methoxy groups -OCH3 is 1. The molecule has 12 heteroatoms. The number of nitrogens with two attached hydrogens (primary N) is 1. The molecule has 2 aliphatic carbocycles. The molecular formula is C27H31NO11. The Kier molecular flexibility index (Phi) is 6.92. The molecule has 5 rings (SSSR count). The molecule has 0 radical (unpaired) electrons. The van der Waals surface area contributed by atoms with Crippen LogP contribution in [-0.4, -0.2) is 92.2 Å². The van der Waals surface area contributed by atoms with Gasteiger partial charge >= 0.3 is 0 Å². The topological polar surface area (TPSA) is 209 Å². The van der Waals surface area contributed by atoms with Gasteiger partial charge in [-0.15, -0.1) is 0 Å². The van der Waals surface area contributed by atoms with Crippen LogP contribution in [0, 0.1) is 0 Å². The fourth-order valence-electron chi connectivity index (χ4n) is 5.84.